The third kappa shape index (κ3) is 5.64. The smallest absolute Gasteiger partial charge is 0.166 e. The zero-order valence-electron chi connectivity index (χ0n) is 16.1. The second kappa shape index (κ2) is 10.5. The molecule has 0 bridgehead atoms. The van der Waals surface area contributed by atoms with E-state index in [9.17, 15) is 5.11 Å². The molecule has 3 rings (SSSR count). The van der Waals surface area contributed by atoms with E-state index in [0.29, 0.717) is 34.6 Å². The molecule has 0 aliphatic carbocycles. The molecule has 1 atom stereocenters. The van der Waals surface area contributed by atoms with Gasteiger partial charge in [-0.15, -0.1) is 0 Å². The molecule has 0 amide bonds. The molecular weight excluding hydrogens is 409 g/mol. The first-order chi connectivity index (χ1) is 14.1. The summed E-state index contributed by atoms with van der Waals surface area (Å²) in [7, 11) is 1.60. The van der Waals surface area contributed by atoms with E-state index >= 15 is 0 Å². The summed E-state index contributed by atoms with van der Waals surface area (Å²) in [6, 6.07) is 20.6. The molecular formula is C23H23Cl2NO3. The molecule has 3 aromatic carbocycles. The monoisotopic (exact) mass is 431 g/mol. The summed E-state index contributed by atoms with van der Waals surface area (Å²) in [5, 5.41) is 14.7. The minimum atomic E-state index is -0.590. The number of para-hydroxylation sites is 1. The highest BCUT2D eigenvalue weighted by atomic mass is 35.5. The Morgan fingerprint density at radius 1 is 0.931 bits per heavy atom. The summed E-state index contributed by atoms with van der Waals surface area (Å²) in [6.45, 7) is 1.14. The number of ether oxygens (including phenoxy) is 2. The van der Waals surface area contributed by atoms with E-state index in [2.05, 4.69) is 5.32 Å². The highest BCUT2D eigenvalue weighted by Gasteiger charge is 2.14. The second-order valence-corrected chi connectivity index (χ2v) is 7.31. The lowest BCUT2D eigenvalue weighted by Gasteiger charge is -2.17. The number of nitrogens with one attached hydrogen (secondary N) is 1. The summed E-state index contributed by atoms with van der Waals surface area (Å²) in [5.41, 5.74) is 2.50. The fraction of sp³-hybridized carbons (Fsp3) is 0.217. The van der Waals surface area contributed by atoms with E-state index in [1.165, 1.54) is 0 Å². The van der Waals surface area contributed by atoms with Gasteiger partial charge in [0.25, 0.3) is 0 Å². The maximum Gasteiger partial charge on any atom is 0.166 e. The number of hydrogen-bond donors (Lipinski definition) is 2. The molecule has 0 unspecified atom stereocenters. The van der Waals surface area contributed by atoms with Gasteiger partial charge in [-0.25, -0.2) is 0 Å². The summed E-state index contributed by atoms with van der Waals surface area (Å²) in [6.07, 6.45) is -0.590. The number of aliphatic hydroxyl groups is 1. The average Bonchev–Trinajstić information content (AvgIpc) is 2.74. The molecule has 2 N–H and O–H groups in total. The largest absolute Gasteiger partial charge is 0.493 e. The van der Waals surface area contributed by atoms with Crippen molar-refractivity contribution in [2.24, 2.45) is 0 Å². The van der Waals surface area contributed by atoms with E-state index in [4.69, 9.17) is 32.7 Å². The zero-order valence-corrected chi connectivity index (χ0v) is 17.6. The summed E-state index contributed by atoms with van der Waals surface area (Å²) < 4.78 is 11.5. The molecule has 0 aliphatic heterocycles. The lowest BCUT2D eigenvalue weighted by Crippen LogP contribution is -2.21. The Hall–Kier alpha value is -2.24. The van der Waals surface area contributed by atoms with Crippen LogP contribution in [0.2, 0.25) is 10.0 Å². The van der Waals surface area contributed by atoms with Crippen molar-refractivity contribution >= 4 is 23.2 Å². The Labute approximate surface area is 181 Å². The van der Waals surface area contributed by atoms with Gasteiger partial charge >= 0.3 is 0 Å². The van der Waals surface area contributed by atoms with Gasteiger partial charge in [0.2, 0.25) is 0 Å². The number of hydrogen-bond acceptors (Lipinski definition) is 4. The van der Waals surface area contributed by atoms with Gasteiger partial charge in [0.15, 0.2) is 11.5 Å². The van der Waals surface area contributed by atoms with Gasteiger partial charge in [-0.3, -0.25) is 0 Å². The topological polar surface area (TPSA) is 50.7 Å². The number of halogens is 2. The van der Waals surface area contributed by atoms with Crippen LogP contribution < -0.4 is 14.8 Å². The second-order valence-electron chi connectivity index (χ2n) is 6.49. The Morgan fingerprint density at radius 3 is 2.31 bits per heavy atom. The van der Waals surface area contributed by atoms with Gasteiger partial charge in [0.05, 0.1) is 13.2 Å². The molecule has 4 nitrogen and oxygen atoms in total. The highest BCUT2D eigenvalue weighted by Crippen LogP contribution is 2.33. The molecule has 6 heteroatoms. The van der Waals surface area contributed by atoms with Crippen molar-refractivity contribution in [2.45, 2.75) is 19.3 Å². The molecule has 0 spiro atoms. The van der Waals surface area contributed by atoms with Crippen LogP contribution in [0.1, 0.15) is 22.8 Å². The SMILES string of the molecule is COc1cccc(CNC[C@H](O)c2ccccc2)c1OCc1c(Cl)cccc1Cl. The Morgan fingerprint density at radius 2 is 1.62 bits per heavy atom. The van der Waals surface area contributed by atoms with E-state index in [0.717, 1.165) is 16.7 Å². The molecule has 0 aliphatic rings. The Balaban J connectivity index is 1.69. The standard InChI is InChI=1S/C23H23Cl2NO3/c1-28-22-12-5-9-17(13-26-14-21(27)16-7-3-2-4-8-16)23(22)29-15-18-19(24)10-6-11-20(18)25/h2-12,21,26-27H,13-15H2,1H3/t21-/m0/s1. The first-order valence-electron chi connectivity index (χ1n) is 9.25. The molecule has 0 fully saturated rings. The van der Waals surface area contributed by atoms with Gasteiger partial charge in [0.1, 0.15) is 6.61 Å². The number of methoxy groups -OCH3 is 1. The maximum atomic E-state index is 10.3. The van der Waals surface area contributed by atoms with Crippen molar-refractivity contribution in [3.63, 3.8) is 0 Å². The molecule has 152 valence electrons. The third-order valence-electron chi connectivity index (χ3n) is 4.54. The van der Waals surface area contributed by atoms with E-state index < -0.39 is 6.10 Å². The van der Waals surface area contributed by atoms with Crippen molar-refractivity contribution in [3.05, 3.63) is 93.5 Å². The third-order valence-corrected chi connectivity index (χ3v) is 5.25. The predicted molar refractivity (Wildman–Crippen MR) is 117 cm³/mol. The van der Waals surface area contributed by atoms with Crippen LogP contribution in [-0.2, 0) is 13.2 Å². The Bertz CT molecular complexity index is 914. The van der Waals surface area contributed by atoms with Crippen LogP contribution in [-0.4, -0.2) is 18.8 Å². The average molecular weight is 432 g/mol. The minimum absolute atomic E-state index is 0.221. The zero-order chi connectivity index (χ0) is 20.6. The van der Waals surface area contributed by atoms with Crippen molar-refractivity contribution in [2.75, 3.05) is 13.7 Å². The van der Waals surface area contributed by atoms with Gasteiger partial charge in [-0.2, -0.15) is 0 Å². The van der Waals surface area contributed by atoms with Crippen LogP contribution in [0.4, 0.5) is 0 Å². The van der Waals surface area contributed by atoms with Crippen molar-refractivity contribution in [3.8, 4) is 11.5 Å². The van der Waals surface area contributed by atoms with E-state index in [1.54, 1.807) is 25.3 Å². The van der Waals surface area contributed by atoms with Crippen LogP contribution in [0.3, 0.4) is 0 Å². The molecule has 3 aromatic rings. The van der Waals surface area contributed by atoms with Crippen molar-refractivity contribution < 1.29 is 14.6 Å². The van der Waals surface area contributed by atoms with Gasteiger partial charge in [-0.05, 0) is 23.8 Å². The summed E-state index contributed by atoms with van der Waals surface area (Å²) >= 11 is 12.5. The quantitative estimate of drug-likeness (QED) is 0.475. The minimum Gasteiger partial charge on any atom is -0.493 e. The lowest BCUT2D eigenvalue weighted by molar-refractivity contribution is 0.174. The molecule has 29 heavy (non-hydrogen) atoms. The Kier molecular flexibility index (Phi) is 7.78. The first kappa shape index (κ1) is 21.5. The number of aliphatic hydroxyl groups excluding tert-OH is 1. The van der Waals surface area contributed by atoms with Gasteiger partial charge in [0, 0.05) is 34.3 Å². The van der Waals surface area contributed by atoms with Crippen molar-refractivity contribution in [1.29, 1.82) is 0 Å². The maximum absolute atomic E-state index is 10.3. The molecule has 0 saturated carbocycles. The summed E-state index contributed by atoms with van der Waals surface area (Å²) in [4.78, 5) is 0. The first-order valence-corrected chi connectivity index (χ1v) is 10.0. The van der Waals surface area contributed by atoms with Crippen LogP contribution in [0.25, 0.3) is 0 Å². The number of benzene rings is 3. The normalized spacial score (nSPS) is 11.9. The van der Waals surface area contributed by atoms with Gasteiger partial charge < -0.3 is 19.9 Å². The lowest BCUT2D eigenvalue weighted by atomic mass is 10.1. The molecule has 0 heterocycles. The fourth-order valence-corrected chi connectivity index (χ4v) is 3.48. The predicted octanol–water partition coefficient (Wildman–Crippen LogP) is 5.40. The van der Waals surface area contributed by atoms with Crippen LogP contribution in [0, 0.1) is 0 Å². The highest BCUT2D eigenvalue weighted by molar-refractivity contribution is 6.35. The van der Waals surface area contributed by atoms with Gasteiger partial charge in [-0.1, -0.05) is 71.7 Å². The van der Waals surface area contributed by atoms with Crippen LogP contribution in [0.15, 0.2) is 66.7 Å². The fourth-order valence-electron chi connectivity index (χ4n) is 2.98. The number of rotatable bonds is 9. The van der Waals surface area contributed by atoms with Crippen molar-refractivity contribution in [1.82, 2.24) is 5.32 Å². The molecule has 0 saturated heterocycles. The molecule has 0 radical (unpaired) electrons. The molecule has 0 aromatic heterocycles. The van der Waals surface area contributed by atoms with Crippen LogP contribution >= 0.6 is 23.2 Å². The summed E-state index contributed by atoms with van der Waals surface area (Å²) in [5.74, 6) is 1.24. The van der Waals surface area contributed by atoms with E-state index in [-0.39, 0.29) is 6.61 Å². The van der Waals surface area contributed by atoms with Crippen LogP contribution in [0.5, 0.6) is 11.5 Å². The van der Waals surface area contributed by atoms with E-state index in [1.807, 2.05) is 48.5 Å².